The molecule has 5 unspecified atom stereocenters. The Morgan fingerprint density at radius 3 is 2.64 bits per heavy atom. The lowest BCUT2D eigenvalue weighted by Crippen LogP contribution is -2.69. The molecule has 0 aliphatic carbocycles. The molecule has 0 spiro atoms. The van der Waals surface area contributed by atoms with Crippen molar-refractivity contribution >= 4 is 17.3 Å². The summed E-state index contributed by atoms with van der Waals surface area (Å²) in [7, 11) is 2.16. The molecular weight excluding hydrogens is 499 g/mol. The number of hydrogen-bond acceptors (Lipinski definition) is 9. The van der Waals surface area contributed by atoms with E-state index in [9.17, 15) is 14.3 Å². The standard InChI is InChI=1S/C28H43FN8O2/c1-28(39)12-4-5-19(29)18-36-26(38)22-17-30-27(33-25(22)37(36)24-7-3-6-23(28)32-24)31-20-8-10-21(11-9-20)35-15-13-34(2)14-16-35/h5,8-11,22-25,27,30-33,39H,3-4,6-7,12-18H2,1-2H3/b19-5+/t22?,23?,24?,25?,27?,28-/m0/s1. The largest absolute Gasteiger partial charge is 0.389 e. The molecule has 5 heterocycles. The number of nitrogens with one attached hydrogen (secondary N) is 4. The second-order valence-electron chi connectivity index (χ2n) is 12.0. The molecule has 214 valence electrons. The van der Waals surface area contributed by atoms with E-state index in [1.54, 1.807) is 5.01 Å². The Labute approximate surface area is 230 Å². The van der Waals surface area contributed by atoms with Gasteiger partial charge in [0.2, 0.25) is 5.91 Å². The predicted octanol–water partition coefficient (Wildman–Crippen LogP) is 1.19. The van der Waals surface area contributed by atoms with E-state index in [1.165, 1.54) is 11.8 Å². The van der Waals surface area contributed by atoms with E-state index in [1.807, 2.05) is 11.9 Å². The number of anilines is 2. The van der Waals surface area contributed by atoms with Gasteiger partial charge in [0.25, 0.3) is 0 Å². The first-order valence-corrected chi connectivity index (χ1v) is 14.5. The second kappa shape index (κ2) is 10.9. The van der Waals surface area contributed by atoms with E-state index in [0.717, 1.165) is 51.1 Å². The number of hydrazine groups is 1. The summed E-state index contributed by atoms with van der Waals surface area (Å²) in [5.74, 6) is -0.739. The third-order valence-electron chi connectivity index (χ3n) is 9.19. The third kappa shape index (κ3) is 5.53. The van der Waals surface area contributed by atoms with E-state index in [4.69, 9.17) is 0 Å². The monoisotopic (exact) mass is 542 g/mol. The highest BCUT2D eigenvalue weighted by Gasteiger charge is 2.53. The summed E-state index contributed by atoms with van der Waals surface area (Å²) >= 11 is 0. The minimum atomic E-state index is -0.949. The number of likely N-dealkylation sites (N-methyl/N-ethyl adjacent to an activating group) is 1. The van der Waals surface area contributed by atoms with Gasteiger partial charge in [0.05, 0.1) is 30.4 Å². The van der Waals surface area contributed by atoms with Crippen LogP contribution in [0.5, 0.6) is 0 Å². The van der Waals surface area contributed by atoms with Crippen LogP contribution in [0.4, 0.5) is 15.8 Å². The van der Waals surface area contributed by atoms with Crippen LogP contribution in [-0.4, -0.2) is 103 Å². The topological polar surface area (TPSA) is 98.4 Å². The third-order valence-corrected chi connectivity index (χ3v) is 9.19. The molecule has 0 radical (unpaired) electrons. The van der Waals surface area contributed by atoms with Gasteiger partial charge in [-0.25, -0.2) is 4.39 Å². The summed E-state index contributed by atoms with van der Waals surface area (Å²) in [4.78, 5) is 18.3. The minimum Gasteiger partial charge on any atom is -0.389 e. The van der Waals surface area contributed by atoms with Crippen LogP contribution in [0.2, 0.25) is 0 Å². The fourth-order valence-corrected chi connectivity index (χ4v) is 6.77. The van der Waals surface area contributed by atoms with Crippen molar-refractivity contribution in [2.75, 3.05) is 56.5 Å². The second-order valence-corrected chi connectivity index (χ2v) is 12.0. The molecule has 1 aromatic carbocycles. The Morgan fingerprint density at radius 2 is 1.87 bits per heavy atom. The number of halogens is 1. The Kier molecular flexibility index (Phi) is 7.55. The molecule has 5 aliphatic rings. The molecule has 1 amide bonds. The van der Waals surface area contributed by atoms with E-state index in [0.29, 0.717) is 19.4 Å². The molecule has 0 saturated carbocycles. The highest BCUT2D eigenvalue weighted by molar-refractivity contribution is 5.82. The number of carbonyl (C=O) groups is 1. The predicted molar refractivity (Wildman–Crippen MR) is 149 cm³/mol. The van der Waals surface area contributed by atoms with Gasteiger partial charge in [-0.15, -0.1) is 0 Å². The Morgan fingerprint density at radius 1 is 1.10 bits per heavy atom. The SMILES string of the molecule is CN1CCN(c2ccc(NC3NCC4C(=O)N5C/C(F)=C\CC[C@](C)(O)C6CCCC(N6)N5C4N3)cc2)CC1. The van der Waals surface area contributed by atoms with Crippen LogP contribution in [0, 0.1) is 5.92 Å². The van der Waals surface area contributed by atoms with Crippen molar-refractivity contribution in [1.82, 2.24) is 30.9 Å². The lowest BCUT2D eigenvalue weighted by Gasteiger charge is -2.47. The molecule has 2 bridgehead atoms. The van der Waals surface area contributed by atoms with Crippen molar-refractivity contribution in [2.24, 2.45) is 5.92 Å². The van der Waals surface area contributed by atoms with Crippen molar-refractivity contribution in [3.63, 3.8) is 0 Å². The van der Waals surface area contributed by atoms with Crippen LogP contribution in [0.1, 0.15) is 39.0 Å². The molecule has 39 heavy (non-hydrogen) atoms. The lowest BCUT2D eigenvalue weighted by molar-refractivity contribution is -0.147. The Balaban J connectivity index is 1.18. The number of fused-ring (bicyclic) bond motifs is 6. The van der Waals surface area contributed by atoms with Gasteiger partial charge in [0.1, 0.15) is 12.1 Å². The van der Waals surface area contributed by atoms with Gasteiger partial charge in [-0.05, 0) is 70.3 Å². The molecule has 4 saturated heterocycles. The molecule has 5 aliphatic heterocycles. The van der Waals surface area contributed by atoms with Crippen LogP contribution >= 0.6 is 0 Å². The molecule has 11 heteroatoms. The zero-order chi connectivity index (χ0) is 27.1. The zero-order valence-electron chi connectivity index (χ0n) is 23.1. The van der Waals surface area contributed by atoms with Crippen molar-refractivity contribution in [3.8, 4) is 0 Å². The van der Waals surface area contributed by atoms with E-state index < -0.39 is 5.60 Å². The molecule has 5 N–H and O–H groups in total. The van der Waals surface area contributed by atoms with E-state index >= 15 is 0 Å². The maximum atomic E-state index is 15.0. The van der Waals surface area contributed by atoms with Crippen molar-refractivity contribution in [1.29, 1.82) is 0 Å². The van der Waals surface area contributed by atoms with Crippen LogP contribution < -0.4 is 26.2 Å². The van der Waals surface area contributed by atoms with Crippen LogP contribution in [0.15, 0.2) is 36.2 Å². The first kappa shape index (κ1) is 26.9. The van der Waals surface area contributed by atoms with Crippen LogP contribution in [0.3, 0.4) is 0 Å². The Bertz CT molecular complexity index is 1060. The number of hydrogen-bond donors (Lipinski definition) is 5. The maximum absolute atomic E-state index is 15.0. The Hall–Kier alpha value is -2.28. The normalized spacial score (nSPS) is 37.9. The van der Waals surface area contributed by atoms with Gasteiger partial charge < -0.3 is 20.2 Å². The van der Waals surface area contributed by atoms with Gasteiger partial charge in [0.15, 0.2) is 0 Å². The number of carbonyl (C=O) groups excluding carboxylic acids is 1. The van der Waals surface area contributed by atoms with Crippen molar-refractivity contribution < 1.29 is 14.3 Å². The molecule has 4 fully saturated rings. The quantitative estimate of drug-likeness (QED) is 0.386. The summed E-state index contributed by atoms with van der Waals surface area (Å²) in [6.45, 7) is 6.44. The molecule has 10 nitrogen and oxygen atoms in total. The van der Waals surface area contributed by atoms with Crippen LogP contribution in [-0.2, 0) is 4.79 Å². The first-order chi connectivity index (χ1) is 18.8. The first-order valence-electron chi connectivity index (χ1n) is 14.5. The number of piperazine rings is 1. The highest BCUT2D eigenvalue weighted by Crippen LogP contribution is 2.35. The van der Waals surface area contributed by atoms with Crippen LogP contribution in [0.25, 0.3) is 0 Å². The zero-order valence-corrected chi connectivity index (χ0v) is 23.1. The minimum absolute atomic E-state index is 0.0755. The van der Waals surface area contributed by atoms with E-state index in [-0.39, 0.29) is 48.9 Å². The number of rotatable bonds is 3. The summed E-state index contributed by atoms with van der Waals surface area (Å²) in [5.41, 5.74) is 1.26. The number of aliphatic hydroxyl groups is 1. The van der Waals surface area contributed by atoms with Gasteiger partial charge in [0, 0.05) is 50.1 Å². The number of nitrogens with zero attached hydrogens (tertiary/aromatic N) is 4. The fourth-order valence-electron chi connectivity index (χ4n) is 6.77. The van der Waals surface area contributed by atoms with Gasteiger partial charge in [-0.2, -0.15) is 5.01 Å². The maximum Gasteiger partial charge on any atom is 0.244 e. The lowest BCUT2D eigenvalue weighted by atomic mass is 9.85. The number of allylic oxidation sites excluding steroid dienone is 1. The molecule has 0 aromatic heterocycles. The average molecular weight is 543 g/mol. The summed E-state index contributed by atoms with van der Waals surface area (Å²) < 4.78 is 15.0. The smallest absolute Gasteiger partial charge is 0.244 e. The van der Waals surface area contributed by atoms with E-state index in [2.05, 4.69) is 62.4 Å². The summed E-state index contributed by atoms with van der Waals surface area (Å²) in [6.07, 6.45) is 4.34. The average Bonchev–Trinajstić information content (AvgIpc) is 3.19. The molecule has 6 atom stereocenters. The number of benzene rings is 1. The van der Waals surface area contributed by atoms with Gasteiger partial charge >= 0.3 is 0 Å². The molecule has 1 aromatic rings. The van der Waals surface area contributed by atoms with Crippen molar-refractivity contribution in [2.45, 2.75) is 69.3 Å². The summed E-state index contributed by atoms with van der Waals surface area (Å²) in [5, 5.41) is 29.0. The highest BCUT2D eigenvalue weighted by atomic mass is 19.1. The fraction of sp³-hybridized carbons (Fsp3) is 0.679. The van der Waals surface area contributed by atoms with Crippen molar-refractivity contribution in [3.05, 3.63) is 36.2 Å². The van der Waals surface area contributed by atoms with Gasteiger partial charge in [-0.1, -0.05) is 6.08 Å². The molecular formula is C28H43FN8O2. The number of piperidine rings is 1. The molecule has 6 rings (SSSR count). The summed E-state index contributed by atoms with van der Waals surface area (Å²) in [6, 6.07) is 8.38. The van der Waals surface area contributed by atoms with Gasteiger partial charge in [-0.3, -0.25) is 25.8 Å². The number of amides is 1.